The fourth-order valence-corrected chi connectivity index (χ4v) is 4.52. The molecule has 0 unspecified atom stereocenters. The zero-order valence-corrected chi connectivity index (χ0v) is 16.2. The lowest BCUT2D eigenvalue weighted by Gasteiger charge is -2.08. The average molecular weight is 383 g/mol. The van der Waals surface area contributed by atoms with E-state index >= 15 is 0 Å². The predicted molar refractivity (Wildman–Crippen MR) is 102 cm³/mol. The van der Waals surface area contributed by atoms with Gasteiger partial charge in [0.15, 0.2) is 0 Å². The first-order chi connectivity index (χ1) is 12.7. The zero-order valence-electron chi connectivity index (χ0n) is 15.4. The maximum absolute atomic E-state index is 11.6. The van der Waals surface area contributed by atoms with Crippen molar-refractivity contribution in [3.8, 4) is 11.4 Å². The van der Waals surface area contributed by atoms with Gasteiger partial charge in [-0.05, 0) is 35.6 Å². The van der Waals surface area contributed by atoms with E-state index in [1.54, 1.807) is 12.1 Å². The molecule has 1 heterocycles. The molecule has 1 aliphatic carbocycles. The molecular formula is C20H21N3O3S. The van der Waals surface area contributed by atoms with Gasteiger partial charge in [0.25, 0.3) is 0 Å². The van der Waals surface area contributed by atoms with Crippen LogP contribution in [0.2, 0.25) is 0 Å². The molecule has 2 atom stereocenters. The maximum Gasteiger partial charge on any atom is 0.238 e. The number of aromatic nitrogens is 2. The predicted octanol–water partition coefficient (Wildman–Crippen LogP) is 3.60. The number of primary sulfonamides is 1. The minimum absolute atomic E-state index is 0.0612. The highest BCUT2D eigenvalue weighted by molar-refractivity contribution is 7.89. The first-order valence-electron chi connectivity index (χ1n) is 8.72. The van der Waals surface area contributed by atoms with Crippen LogP contribution >= 0.6 is 0 Å². The Kier molecular flexibility index (Phi) is 3.98. The Hall–Kier alpha value is -2.51. The Labute approximate surface area is 158 Å². The van der Waals surface area contributed by atoms with Gasteiger partial charge in [-0.1, -0.05) is 55.4 Å². The van der Waals surface area contributed by atoms with E-state index in [1.807, 2.05) is 43.3 Å². The van der Waals surface area contributed by atoms with Crippen molar-refractivity contribution in [2.45, 2.75) is 37.5 Å². The van der Waals surface area contributed by atoms with Gasteiger partial charge < -0.3 is 4.52 Å². The van der Waals surface area contributed by atoms with Crippen LogP contribution in [0.4, 0.5) is 0 Å². The molecule has 3 aromatic rings. The summed E-state index contributed by atoms with van der Waals surface area (Å²) in [6.07, 6.45) is 0. The molecule has 2 N–H and O–H groups in total. The quantitative estimate of drug-likeness (QED) is 0.742. The average Bonchev–Trinajstić information content (AvgIpc) is 2.95. The van der Waals surface area contributed by atoms with Crippen LogP contribution in [-0.4, -0.2) is 18.6 Å². The lowest BCUT2D eigenvalue weighted by atomic mass is 9.99. The minimum Gasteiger partial charge on any atom is -0.339 e. The van der Waals surface area contributed by atoms with E-state index in [0.29, 0.717) is 11.7 Å². The number of hydrogen-bond donors (Lipinski definition) is 1. The van der Waals surface area contributed by atoms with Crippen molar-refractivity contribution >= 4 is 10.0 Å². The first-order valence-corrected chi connectivity index (χ1v) is 10.3. The van der Waals surface area contributed by atoms with Gasteiger partial charge in [0.1, 0.15) is 0 Å². The van der Waals surface area contributed by atoms with Crippen LogP contribution in [-0.2, 0) is 10.0 Å². The molecular weight excluding hydrogens is 362 g/mol. The summed E-state index contributed by atoms with van der Waals surface area (Å²) in [4.78, 5) is 4.73. The van der Waals surface area contributed by atoms with Crippen molar-refractivity contribution in [1.82, 2.24) is 10.1 Å². The standard InChI is InChI=1S/C20H21N3O3S/c1-12-11-14(27(21,24)25)9-10-15(12)16-17(20(16,2)3)19-22-18(23-26-19)13-7-5-4-6-8-13/h4-11,16-17H,1-3H3,(H2,21,24,25)/t16-,17+/m0/s1. The van der Waals surface area contributed by atoms with Gasteiger partial charge >= 0.3 is 0 Å². The second-order valence-electron chi connectivity index (χ2n) is 7.66. The van der Waals surface area contributed by atoms with Crippen molar-refractivity contribution in [3.63, 3.8) is 0 Å². The topological polar surface area (TPSA) is 99.1 Å². The highest BCUT2D eigenvalue weighted by atomic mass is 32.2. The number of sulfonamides is 1. The number of nitrogens with zero attached hydrogens (tertiary/aromatic N) is 2. The van der Waals surface area contributed by atoms with Gasteiger partial charge in [-0.2, -0.15) is 4.98 Å². The van der Waals surface area contributed by atoms with Crippen molar-refractivity contribution in [3.05, 3.63) is 65.5 Å². The molecule has 2 aromatic carbocycles. The molecule has 27 heavy (non-hydrogen) atoms. The highest BCUT2D eigenvalue weighted by Gasteiger charge is 2.62. The van der Waals surface area contributed by atoms with E-state index in [2.05, 4.69) is 24.0 Å². The molecule has 1 aromatic heterocycles. The number of benzene rings is 2. The zero-order chi connectivity index (χ0) is 19.4. The van der Waals surface area contributed by atoms with Gasteiger partial charge in [0.2, 0.25) is 21.7 Å². The molecule has 1 saturated carbocycles. The van der Waals surface area contributed by atoms with Crippen LogP contribution in [0.15, 0.2) is 57.9 Å². The third kappa shape index (κ3) is 3.07. The van der Waals surface area contributed by atoms with E-state index in [0.717, 1.165) is 16.7 Å². The smallest absolute Gasteiger partial charge is 0.238 e. The van der Waals surface area contributed by atoms with E-state index in [-0.39, 0.29) is 22.1 Å². The molecule has 0 aliphatic heterocycles. The minimum atomic E-state index is -3.71. The van der Waals surface area contributed by atoms with E-state index < -0.39 is 10.0 Å². The lowest BCUT2D eigenvalue weighted by molar-refractivity contribution is 0.368. The number of hydrogen-bond acceptors (Lipinski definition) is 5. The molecule has 0 amide bonds. The van der Waals surface area contributed by atoms with Crippen LogP contribution in [0, 0.1) is 12.3 Å². The van der Waals surface area contributed by atoms with Crippen molar-refractivity contribution in [2.24, 2.45) is 10.6 Å². The molecule has 4 rings (SSSR count). The third-order valence-corrected chi connectivity index (χ3v) is 6.38. The number of aryl methyl sites for hydroxylation is 1. The fraction of sp³-hybridized carbons (Fsp3) is 0.300. The van der Waals surface area contributed by atoms with Gasteiger partial charge in [0, 0.05) is 11.5 Å². The second kappa shape index (κ2) is 6.00. The van der Waals surface area contributed by atoms with Crippen molar-refractivity contribution in [1.29, 1.82) is 0 Å². The summed E-state index contributed by atoms with van der Waals surface area (Å²) in [5.74, 6) is 1.45. The van der Waals surface area contributed by atoms with Crippen LogP contribution in [0.5, 0.6) is 0 Å². The Morgan fingerprint density at radius 2 is 1.78 bits per heavy atom. The lowest BCUT2D eigenvalue weighted by Crippen LogP contribution is -2.12. The summed E-state index contributed by atoms with van der Waals surface area (Å²) in [6, 6.07) is 14.7. The van der Waals surface area contributed by atoms with Gasteiger partial charge in [-0.15, -0.1) is 0 Å². The number of nitrogens with two attached hydrogens (primary N) is 1. The summed E-state index contributed by atoms with van der Waals surface area (Å²) in [7, 11) is -3.71. The molecule has 0 bridgehead atoms. The van der Waals surface area contributed by atoms with Gasteiger partial charge in [-0.3, -0.25) is 0 Å². The molecule has 1 aliphatic rings. The fourth-order valence-electron chi connectivity index (χ4n) is 3.92. The summed E-state index contributed by atoms with van der Waals surface area (Å²) in [6.45, 7) is 6.21. The Morgan fingerprint density at radius 1 is 1.07 bits per heavy atom. The highest BCUT2D eigenvalue weighted by Crippen LogP contribution is 2.70. The van der Waals surface area contributed by atoms with Crippen LogP contribution in [0.1, 0.15) is 42.7 Å². The van der Waals surface area contributed by atoms with Gasteiger partial charge in [0.05, 0.1) is 10.8 Å². The van der Waals surface area contributed by atoms with Crippen LogP contribution < -0.4 is 5.14 Å². The van der Waals surface area contributed by atoms with Crippen molar-refractivity contribution < 1.29 is 12.9 Å². The van der Waals surface area contributed by atoms with Gasteiger partial charge in [-0.25, -0.2) is 13.6 Å². The summed E-state index contributed by atoms with van der Waals surface area (Å²) >= 11 is 0. The monoisotopic (exact) mass is 383 g/mol. The van der Waals surface area contributed by atoms with E-state index in [4.69, 9.17) is 9.66 Å². The summed E-state index contributed by atoms with van der Waals surface area (Å²) in [5.41, 5.74) is 2.83. The Balaban J connectivity index is 1.66. The molecule has 0 saturated heterocycles. The van der Waals surface area contributed by atoms with Crippen molar-refractivity contribution in [2.75, 3.05) is 0 Å². The molecule has 7 heteroatoms. The Bertz CT molecular complexity index is 1100. The maximum atomic E-state index is 11.6. The van der Waals surface area contributed by atoms with E-state index in [1.165, 1.54) is 0 Å². The molecule has 140 valence electrons. The number of rotatable bonds is 4. The third-order valence-electron chi connectivity index (χ3n) is 5.47. The second-order valence-corrected chi connectivity index (χ2v) is 9.22. The largest absolute Gasteiger partial charge is 0.339 e. The normalized spacial score (nSPS) is 21.2. The molecule has 0 spiro atoms. The van der Waals surface area contributed by atoms with E-state index in [9.17, 15) is 8.42 Å². The van der Waals surface area contributed by atoms with Crippen LogP contribution in [0.25, 0.3) is 11.4 Å². The summed E-state index contributed by atoms with van der Waals surface area (Å²) < 4.78 is 28.7. The summed E-state index contributed by atoms with van der Waals surface area (Å²) in [5, 5.41) is 9.36. The molecule has 6 nitrogen and oxygen atoms in total. The van der Waals surface area contributed by atoms with Crippen LogP contribution in [0.3, 0.4) is 0 Å². The first kappa shape index (κ1) is 17.9. The molecule has 0 radical (unpaired) electrons. The SMILES string of the molecule is Cc1cc(S(N)(=O)=O)ccc1[C@H]1[C@H](c2nc(-c3ccccc3)no2)C1(C)C. The Morgan fingerprint density at radius 3 is 2.41 bits per heavy atom. The molecule has 1 fully saturated rings.